The summed E-state index contributed by atoms with van der Waals surface area (Å²) in [6, 6.07) is 19.9. The molecule has 2 N–H and O–H groups in total. The Kier molecular flexibility index (Phi) is 5.65. The van der Waals surface area contributed by atoms with Crippen molar-refractivity contribution in [1.29, 1.82) is 0 Å². The number of hydrazone groups is 1. The number of rotatable bonds is 6. The van der Waals surface area contributed by atoms with Crippen LogP contribution in [0.2, 0.25) is 0 Å². The molecule has 180 valence electrons. The number of non-ortho nitro benzene ring substituents is 1. The van der Waals surface area contributed by atoms with E-state index < -0.39 is 16.2 Å². The van der Waals surface area contributed by atoms with Crippen LogP contribution in [0, 0.1) is 10.1 Å². The van der Waals surface area contributed by atoms with Gasteiger partial charge in [-0.2, -0.15) is 10.1 Å². The predicted octanol–water partition coefficient (Wildman–Crippen LogP) is 3.37. The number of benzene rings is 3. The van der Waals surface area contributed by atoms with E-state index in [1.165, 1.54) is 23.7 Å². The molecule has 0 unspecified atom stereocenters. The molecule has 0 fully saturated rings. The van der Waals surface area contributed by atoms with Gasteiger partial charge in [-0.05, 0) is 41.0 Å². The van der Waals surface area contributed by atoms with Gasteiger partial charge in [0.15, 0.2) is 11.2 Å². The Morgan fingerprint density at radius 1 is 1.08 bits per heavy atom. The molecule has 0 radical (unpaired) electrons. The number of imidazole rings is 1. The third kappa shape index (κ3) is 4.02. The fraction of sp³-hybridized carbons (Fsp3) is 0.120. The number of nitrogens with one attached hydrogen (secondary N) is 2. The number of hydrogen-bond acceptors (Lipinski definition) is 7. The van der Waals surface area contributed by atoms with Gasteiger partial charge in [0.2, 0.25) is 5.95 Å². The lowest BCUT2D eigenvalue weighted by atomic mass is 10.0. The third-order valence-corrected chi connectivity index (χ3v) is 6.03. The minimum atomic E-state index is -0.570. The van der Waals surface area contributed by atoms with Crippen molar-refractivity contribution < 1.29 is 4.92 Å². The summed E-state index contributed by atoms with van der Waals surface area (Å²) in [6.07, 6.45) is 0. The molecule has 0 aliphatic rings. The zero-order chi connectivity index (χ0) is 25.4. The van der Waals surface area contributed by atoms with Crippen molar-refractivity contribution in [3.63, 3.8) is 0 Å². The molecule has 0 amide bonds. The van der Waals surface area contributed by atoms with Crippen LogP contribution in [0.4, 0.5) is 11.6 Å². The molecule has 2 heterocycles. The van der Waals surface area contributed by atoms with Gasteiger partial charge in [-0.3, -0.25) is 29.0 Å². The average Bonchev–Trinajstić information content (AvgIpc) is 3.25. The molecule has 11 nitrogen and oxygen atoms in total. The van der Waals surface area contributed by atoms with E-state index in [-0.39, 0.29) is 22.8 Å². The van der Waals surface area contributed by atoms with Crippen LogP contribution < -0.4 is 16.7 Å². The van der Waals surface area contributed by atoms with Crippen LogP contribution in [0.3, 0.4) is 0 Å². The van der Waals surface area contributed by atoms with Gasteiger partial charge in [0.25, 0.3) is 11.2 Å². The number of aromatic amines is 1. The lowest BCUT2D eigenvalue weighted by molar-refractivity contribution is -0.384. The molecule has 0 saturated carbocycles. The summed E-state index contributed by atoms with van der Waals surface area (Å²) in [5.74, 6) is 0.269. The maximum Gasteiger partial charge on any atom is 0.329 e. The number of H-pyrrole nitrogens is 1. The topological polar surface area (TPSA) is 140 Å². The number of fused-ring (bicyclic) bond motifs is 2. The Labute approximate surface area is 203 Å². The van der Waals surface area contributed by atoms with E-state index in [0.717, 1.165) is 16.3 Å². The van der Waals surface area contributed by atoms with Crippen LogP contribution in [-0.4, -0.2) is 29.7 Å². The molecule has 0 bridgehead atoms. The first kappa shape index (κ1) is 22.7. The molecule has 0 aliphatic heterocycles. The number of aryl methyl sites for hydroxylation is 1. The summed E-state index contributed by atoms with van der Waals surface area (Å²) < 4.78 is 2.95. The zero-order valence-corrected chi connectivity index (χ0v) is 19.4. The van der Waals surface area contributed by atoms with Crippen molar-refractivity contribution in [3.05, 3.63) is 109 Å². The summed E-state index contributed by atoms with van der Waals surface area (Å²) in [6.45, 7) is 2.04. The first-order chi connectivity index (χ1) is 17.3. The fourth-order valence-electron chi connectivity index (χ4n) is 4.10. The number of nitro groups is 1. The average molecular weight is 483 g/mol. The smallest absolute Gasteiger partial charge is 0.298 e. The van der Waals surface area contributed by atoms with Gasteiger partial charge in [-0.15, -0.1) is 0 Å². The molecular weight excluding hydrogens is 462 g/mol. The Morgan fingerprint density at radius 2 is 1.81 bits per heavy atom. The number of nitrogens with zero attached hydrogens (tertiary/aromatic N) is 5. The van der Waals surface area contributed by atoms with Crippen LogP contribution >= 0.6 is 0 Å². The number of hydrogen-bond donors (Lipinski definition) is 2. The van der Waals surface area contributed by atoms with Gasteiger partial charge in [-0.25, -0.2) is 10.2 Å². The fourth-order valence-corrected chi connectivity index (χ4v) is 4.10. The summed E-state index contributed by atoms with van der Waals surface area (Å²) >= 11 is 0. The summed E-state index contributed by atoms with van der Waals surface area (Å²) in [7, 11) is 1.53. The largest absolute Gasteiger partial charge is 0.329 e. The second-order valence-electron chi connectivity index (χ2n) is 8.26. The molecule has 0 aliphatic carbocycles. The molecule has 0 atom stereocenters. The van der Waals surface area contributed by atoms with Crippen LogP contribution in [-0.2, 0) is 13.6 Å². The molecule has 0 saturated heterocycles. The second kappa shape index (κ2) is 8.95. The quantitative estimate of drug-likeness (QED) is 0.216. The standard InChI is InChI=1S/C25H21N7O4/c1-15(16-10-12-19(13-11-16)32(35)36)28-29-24-26-22-21(23(33)27-25(34)30(22)2)31(24)14-18-8-5-7-17-6-3-4-9-20(17)18/h3-13H,14H2,1-2H3,(H,26,29)(H,27,33,34). The van der Waals surface area contributed by atoms with Gasteiger partial charge in [0, 0.05) is 19.2 Å². The summed E-state index contributed by atoms with van der Waals surface area (Å²) in [4.78, 5) is 42.3. The number of aromatic nitrogens is 4. The lowest BCUT2D eigenvalue weighted by Crippen LogP contribution is -2.29. The lowest BCUT2D eigenvalue weighted by Gasteiger charge is -2.11. The summed E-state index contributed by atoms with van der Waals surface area (Å²) in [5.41, 5.74) is 4.42. The molecule has 2 aromatic heterocycles. The van der Waals surface area contributed by atoms with Crippen LogP contribution in [0.1, 0.15) is 18.1 Å². The van der Waals surface area contributed by atoms with E-state index in [9.17, 15) is 19.7 Å². The number of nitro benzene ring substituents is 1. The van der Waals surface area contributed by atoms with Crippen molar-refractivity contribution >= 4 is 39.3 Å². The van der Waals surface area contributed by atoms with Crippen LogP contribution in [0.25, 0.3) is 21.9 Å². The van der Waals surface area contributed by atoms with Crippen molar-refractivity contribution in [2.75, 3.05) is 5.43 Å². The van der Waals surface area contributed by atoms with Crippen molar-refractivity contribution in [3.8, 4) is 0 Å². The molecule has 3 aromatic carbocycles. The molecule has 5 rings (SSSR count). The highest BCUT2D eigenvalue weighted by atomic mass is 16.6. The van der Waals surface area contributed by atoms with Crippen molar-refractivity contribution in [1.82, 2.24) is 19.1 Å². The maximum absolute atomic E-state index is 12.8. The van der Waals surface area contributed by atoms with E-state index in [2.05, 4.69) is 20.5 Å². The molecule has 5 aromatic rings. The Bertz CT molecular complexity index is 1770. The first-order valence-electron chi connectivity index (χ1n) is 11.0. The van der Waals surface area contributed by atoms with E-state index in [1.54, 1.807) is 23.6 Å². The van der Waals surface area contributed by atoms with Gasteiger partial charge in [0.1, 0.15) is 0 Å². The monoisotopic (exact) mass is 483 g/mol. The highest BCUT2D eigenvalue weighted by Gasteiger charge is 2.18. The predicted molar refractivity (Wildman–Crippen MR) is 138 cm³/mol. The van der Waals surface area contributed by atoms with E-state index >= 15 is 0 Å². The molecule has 0 spiro atoms. The van der Waals surface area contributed by atoms with Crippen molar-refractivity contribution in [2.24, 2.45) is 12.1 Å². The van der Waals surface area contributed by atoms with Gasteiger partial charge in [0.05, 0.1) is 17.2 Å². The summed E-state index contributed by atoms with van der Waals surface area (Å²) in [5, 5.41) is 17.4. The van der Waals surface area contributed by atoms with Crippen molar-refractivity contribution in [2.45, 2.75) is 13.5 Å². The van der Waals surface area contributed by atoms with E-state index in [0.29, 0.717) is 17.8 Å². The Morgan fingerprint density at radius 3 is 2.56 bits per heavy atom. The highest BCUT2D eigenvalue weighted by Crippen LogP contribution is 2.23. The minimum Gasteiger partial charge on any atom is -0.298 e. The van der Waals surface area contributed by atoms with Crippen LogP contribution in [0.15, 0.2) is 81.4 Å². The van der Waals surface area contributed by atoms with Gasteiger partial charge < -0.3 is 0 Å². The van der Waals surface area contributed by atoms with Gasteiger partial charge >= 0.3 is 5.69 Å². The van der Waals surface area contributed by atoms with Gasteiger partial charge in [-0.1, -0.05) is 42.5 Å². The minimum absolute atomic E-state index is 0.0171. The Hall–Kier alpha value is -5.06. The highest BCUT2D eigenvalue weighted by molar-refractivity contribution is 5.99. The third-order valence-electron chi connectivity index (χ3n) is 6.03. The Balaban J connectivity index is 1.61. The van der Waals surface area contributed by atoms with Crippen LogP contribution in [0.5, 0.6) is 0 Å². The van der Waals surface area contributed by atoms with E-state index in [4.69, 9.17) is 0 Å². The van der Waals surface area contributed by atoms with E-state index in [1.807, 2.05) is 42.5 Å². The normalized spacial score (nSPS) is 11.8. The zero-order valence-electron chi connectivity index (χ0n) is 19.4. The molecular formula is C25H21N7O4. The number of anilines is 1. The first-order valence-corrected chi connectivity index (χ1v) is 11.0. The SMILES string of the molecule is CC(=NNc1nc2c(c(=O)[nH]c(=O)n2C)n1Cc1cccc2ccccc12)c1ccc([N+](=O)[O-])cc1. The second-order valence-corrected chi connectivity index (χ2v) is 8.26. The maximum atomic E-state index is 12.8. The molecule has 36 heavy (non-hydrogen) atoms. The molecule has 11 heteroatoms.